The Morgan fingerprint density at radius 2 is 1.80 bits per heavy atom. The van der Waals surface area contributed by atoms with Crippen LogP contribution in [0.2, 0.25) is 0 Å². The van der Waals surface area contributed by atoms with Gasteiger partial charge in [-0.1, -0.05) is 12.1 Å². The van der Waals surface area contributed by atoms with E-state index in [1.807, 2.05) is 0 Å². The smallest absolute Gasteiger partial charge is 0.329 e. The van der Waals surface area contributed by atoms with Crippen LogP contribution in [0.4, 0.5) is 24.7 Å². The van der Waals surface area contributed by atoms with Crippen molar-refractivity contribution in [3.05, 3.63) is 53.7 Å². The predicted octanol–water partition coefficient (Wildman–Crippen LogP) is 3.33. The van der Waals surface area contributed by atoms with Gasteiger partial charge in [-0.2, -0.15) is 13.2 Å². The maximum absolute atomic E-state index is 13.0. The summed E-state index contributed by atoms with van der Waals surface area (Å²) in [6.45, 7) is 0.390. The van der Waals surface area contributed by atoms with Crippen LogP contribution in [0.5, 0.6) is 0 Å². The molecule has 1 heterocycles. The molecule has 0 atom stereocenters. The Morgan fingerprint density at radius 1 is 1.15 bits per heavy atom. The monoisotopic (exact) mass is 281 g/mol. The zero-order valence-corrected chi connectivity index (χ0v) is 10.9. The summed E-state index contributed by atoms with van der Waals surface area (Å²) in [6, 6.07) is 9.29. The van der Waals surface area contributed by atoms with E-state index in [0.717, 1.165) is 11.6 Å². The SMILES string of the molecule is CN(c1ccc(CN)cc1)c1ncccc1C(F)(F)F. The second-order valence-corrected chi connectivity index (χ2v) is 4.30. The number of aromatic nitrogens is 1. The van der Waals surface area contributed by atoms with Crippen molar-refractivity contribution in [2.45, 2.75) is 12.7 Å². The van der Waals surface area contributed by atoms with Gasteiger partial charge in [0, 0.05) is 25.5 Å². The van der Waals surface area contributed by atoms with Crippen molar-refractivity contribution in [2.24, 2.45) is 5.73 Å². The highest BCUT2D eigenvalue weighted by atomic mass is 19.4. The first kappa shape index (κ1) is 14.3. The molecule has 2 rings (SSSR count). The summed E-state index contributed by atoms with van der Waals surface area (Å²) in [6.07, 6.45) is -3.09. The number of hydrogen-bond acceptors (Lipinski definition) is 3. The van der Waals surface area contributed by atoms with Crippen molar-refractivity contribution >= 4 is 11.5 Å². The first-order valence-corrected chi connectivity index (χ1v) is 5.98. The van der Waals surface area contributed by atoms with Crippen molar-refractivity contribution in [1.29, 1.82) is 0 Å². The van der Waals surface area contributed by atoms with E-state index in [4.69, 9.17) is 5.73 Å². The van der Waals surface area contributed by atoms with Crippen molar-refractivity contribution < 1.29 is 13.2 Å². The Hall–Kier alpha value is -2.08. The fraction of sp³-hybridized carbons (Fsp3) is 0.214. The van der Waals surface area contributed by atoms with Gasteiger partial charge in [0.2, 0.25) is 0 Å². The number of halogens is 3. The van der Waals surface area contributed by atoms with E-state index >= 15 is 0 Å². The van der Waals surface area contributed by atoms with Crippen LogP contribution in [0.15, 0.2) is 42.6 Å². The summed E-state index contributed by atoms with van der Waals surface area (Å²) in [5, 5.41) is 0. The van der Waals surface area contributed by atoms with Crippen LogP contribution >= 0.6 is 0 Å². The molecule has 0 unspecified atom stereocenters. The van der Waals surface area contributed by atoms with Gasteiger partial charge in [0.1, 0.15) is 5.82 Å². The van der Waals surface area contributed by atoms with Crippen LogP contribution in [0.3, 0.4) is 0 Å². The van der Waals surface area contributed by atoms with E-state index in [0.29, 0.717) is 12.2 Å². The van der Waals surface area contributed by atoms with Gasteiger partial charge in [0.25, 0.3) is 0 Å². The summed E-state index contributed by atoms with van der Waals surface area (Å²) in [5.74, 6) is -0.125. The van der Waals surface area contributed by atoms with Crippen LogP contribution in [-0.4, -0.2) is 12.0 Å². The fourth-order valence-corrected chi connectivity index (χ4v) is 1.86. The number of pyridine rings is 1. The molecule has 0 spiro atoms. The molecule has 2 aromatic rings. The first-order valence-electron chi connectivity index (χ1n) is 5.98. The van der Waals surface area contributed by atoms with Crippen molar-refractivity contribution in [3.63, 3.8) is 0 Å². The van der Waals surface area contributed by atoms with Crippen LogP contribution in [0.25, 0.3) is 0 Å². The lowest BCUT2D eigenvalue weighted by Crippen LogP contribution is -2.18. The minimum Gasteiger partial charge on any atom is -0.329 e. The summed E-state index contributed by atoms with van der Waals surface area (Å²) >= 11 is 0. The van der Waals surface area contributed by atoms with E-state index in [1.54, 1.807) is 31.3 Å². The van der Waals surface area contributed by atoms with E-state index < -0.39 is 11.7 Å². The summed E-state index contributed by atoms with van der Waals surface area (Å²) < 4.78 is 38.9. The summed E-state index contributed by atoms with van der Waals surface area (Å²) in [5.41, 5.74) is 6.27. The van der Waals surface area contributed by atoms with Gasteiger partial charge in [0.15, 0.2) is 0 Å². The maximum Gasteiger partial charge on any atom is 0.419 e. The largest absolute Gasteiger partial charge is 0.419 e. The van der Waals surface area contributed by atoms with Crippen molar-refractivity contribution in [3.8, 4) is 0 Å². The van der Waals surface area contributed by atoms with Gasteiger partial charge in [0.05, 0.1) is 5.56 Å². The standard InChI is InChI=1S/C14H14F3N3/c1-20(11-6-4-10(9-18)5-7-11)13-12(14(15,16)17)3-2-8-19-13/h2-8H,9,18H2,1H3. The van der Waals surface area contributed by atoms with Crippen LogP contribution in [0, 0.1) is 0 Å². The van der Waals surface area contributed by atoms with Gasteiger partial charge in [-0.15, -0.1) is 0 Å². The lowest BCUT2D eigenvalue weighted by Gasteiger charge is -2.22. The number of nitrogens with two attached hydrogens (primary N) is 1. The molecule has 0 aliphatic carbocycles. The van der Waals surface area contributed by atoms with E-state index in [9.17, 15) is 13.2 Å². The third-order valence-corrected chi connectivity index (χ3v) is 2.97. The third kappa shape index (κ3) is 2.91. The Morgan fingerprint density at radius 3 is 2.35 bits per heavy atom. The molecule has 106 valence electrons. The quantitative estimate of drug-likeness (QED) is 0.938. The lowest BCUT2D eigenvalue weighted by atomic mass is 10.2. The number of anilines is 2. The molecule has 0 bridgehead atoms. The average Bonchev–Trinajstić information content (AvgIpc) is 2.46. The number of alkyl halides is 3. The molecule has 0 saturated heterocycles. The van der Waals surface area contributed by atoms with Gasteiger partial charge in [-0.25, -0.2) is 4.98 Å². The number of benzene rings is 1. The van der Waals surface area contributed by atoms with E-state index in [1.165, 1.54) is 17.2 Å². The van der Waals surface area contributed by atoms with E-state index in [2.05, 4.69) is 4.98 Å². The molecule has 2 N–H and O–H groups in total. The van der Waals surface area contributed by atoms with Gasteiger partial charge in [-0.3, -0.25) is 0 Å². The topological polar surface area (TPSA) is 42.1 Å². The average molecular weight is 281 g/mol. The molecule has 1 aromatic heterocycles. The maximum atomic E-state index is 13.0. The number of rotatable bonds is 3. The molecule has 6 heteroatoms. The number of nitrogens with zero attached hydrogens (tertiary/aromatic N) is 2. The Labute approximate surface area is 114 Å². The van der Waals surface area contributed by atoms with Crippen molar-refractivity contribution in [2.75, 3.05) is 11.9 Å². The highest BCUT2D eigenvalue weighted by molar-refractivity contribution is 5.62. The minimum atomic E-state index is -4.44. The first-order chi connectivity index (χ1) is 9.43. The molecule has 1 aromatic carbocycles. The van der Waals surface area contributed by atoms with Crippen molar-refractivity contribution in [1.82, 2.24) is 4.98 Å². The minimum absolute atomic E-state index is 0.125. The normalized spacial score (nSPS) is 11.4. The zero-order valence-electron chi connectivity index (χ0n) is 10.9. The van der Waals surface area contributed by atoms with Gasteiger partial charge < -0.3 is 10.6 Å². The Bertz CT molecular complexity index is 579. The molecule has 0 saturated carbocycles. The molecule has 0 amide bonds. The molecule has 0 aliphatic rings. The Kier molecular flexibility index (Phi) is 3.94. The molecule has 20 heavy (non-hydrogen) atoms. The molecular weight excluding hydrogens is 267 g/mol. The van der Waals surface area contributed by atoms with Crippen LogP contribution < -0.4 is 10.6 Å². The predicted molar refractivity (Wildman–Crippen MR) is 71.6 cm³/mol. The fourth-order valence-electron chi connectivity index (χ4n) is 1.86. The molecule has 0 fully saturated rings. The highest BCUT2D eigenvalue weighted by Crippen LogP contribution is 2.36. The lowest BCUT2D eigenvalue weighted by molar-refractivity contribution is -0.137. The van der Waals surface area contributed by atoms with E-state index in [-0.39, 0.29) is 5.82 Å². The van der Waals surface area contributed by atoms with Gasteiger partial charge >= 0.3 is 6.18 Å². The zero-order chi connectivity index (χ0) is 14.8. The van der Waals surface area contributed by atoms with Gasteiger partial charge in [-0.05, 0) is 29.8 Å². The third-order valence-electron chi connectivity index (χ3n) is 2.97. The summed E-state index contributed by atoms with van der Waals surface area (Å²) in [4.78, 5) is 5.25. The molecular formula is C14H14F3N3. The Balaban J connectivity index is 2.40. The molecule has 0 aliphatic heterocycles. The molecule has 0 radical (unpaired) electrons. The summed E-state index contributed by atoms with van der Waals surface area (Å²) in [7, 11) is 1.55. The molecule has 3 nitrogen and oxygen atoms in total. The van der Waals surface area contributed by atoms with Crippen LogP contribution in [0.1, 0.15) is 11.1 Å². The highest BCUT2D eigenvalue weighted by Gasteiger charge is 2.35. The second kappa shape index (κ2) is 5.50. The second-order valence-electron chi connectivity index (χ2n) is 4.30. The number of hydrogen-bond donors (Lipinski definition) is 1. The van der Waals surface area contributed by atoms with Crippen LogP contribution in [-0.2, 0) is 12.7 Å².